The summed E-state index contributed by atoms with van der Waals surface area (Å²) >= 11 is 0. The van der Waals surface area contributed by atoms with Gasteiger partial charge >= 0.3 is 0 Å². The number of hydrogen-bond donors (Lipinski definition) is 3. The van der Waals surface area contributed by atoms with Crippen LogP contribution in [0.1, 0.15) is 59.3 Å². The Bertz CT molecular complexity index is 533. The molecule has 0 aromatic heterocycles. The summed E-state index contributed by atoms with van der Waals surface area (Å²) in [5.74, 6) is 0.877. The molecule has 5 atom stereocenters. The van der Waals surface area contributed by atoms with Crippen molar-refractivity contribution in [3.05, 3.63) is 22.3 Å². The molecule has 0 unspecified atom stereocenters. The van der Waals surface area contributed by atoms with Gasteiger partial charge in [0, 0.05) is 12.5 Å². The number of allylic oxidation sites excluding steroid dienone is 1. The molecule has 0 aliphatic heterocycles. The molecule has 3 aliphatic rings. The second-order valence-electron chi connectivity index (χ2n) is 8.39. The summed E-state index contributed by atoms with van der Waals surface area (Å²) in [6, 6.07) is 0. The lowest BCUT2D eigenvalue weighted by molar-refractivity contribution is 0.0773. The van der Waals surface area contributed by atoms with Gasteiger partial charge in [0.25, 0.3) is 0 Å². The predicted molar refractivity (Wildman–Crippen MR) is 91.9 cm³/mol. The van der Waals surface area contributed by atoms with Crippen molar-refractivity contribution in [2.45, 2.75) is 65.4 Å². The third-order valence-corrected chi connectivity index (χ3v) is 7.02. The minimum atomic E-state index is -0.318. The van der Waals surface area contributed by atoms with Crippen molar-refractivity contribution in [1.82, 2.24) is 0 Å². The van der Waals surface area contributed by atoms with E-state index in [9.17, 15) is 15.3 Å². The number of rotatable bonds is 3. The molecule has 3 N–H and O–H groups in total. The molecule has 1 saturated carbocycles. The second kappa shape index (κ2) is 6.34. The molecule has 0 bridgehead atoms. The third kappa shape index (κ3) is 2.81. The second-order valence-corrected chi connectivity index (χ2v) is 8.39. The highest BCUT2D eigenvalue weighted by Crippen LogP contribution is 2.56. The van der Waals surface area contributed by atoms with Gasteiger partial charge in [0.15, 0.2) is 0 Å². The van der Waals surface area contributed by atoms with Crippen LogP contribution in [0.15, 0.2) is 22.3 Å². The first-order chi connectivity index (χ1) is 10.9. The Morgan fingerprint density at radius 3 is 2.65 bits per heavy atom. The number of aliphatic hydroxyl groups is 3. The van der Waals surface area contributed by atoms with Gasteiger partial charge < -0.3 is 15.3 Å². The number of hydrogen-bond acceptors (Lipinski definition) is 3. The Morgan fingerprint density at radius 1 is 1.26 bits per heavy atom. The van der Waals surface area contributed by atoms with E-state index in [1.165, 1.54) is 22.3 Å². The molecule has 23 heavy (non-hydrogen) atoms. The molecule has 0 saturated heterocycles. The Balaban J connectivity index is 2.04. The van der Waals surface area contributed by atoms with E-state index in [0.29, 0.717) is 5.92 Å². The van der Waals surface area contributed by atoms with Crippen LogP contribution >= 0.6 is 0 Å². The van der Waals surface area contributed by atoms with Crippen molar-refractivity contribution in [2.24, 2.45) is 23.2 Å². The first-order valence-electron chi connectivity index (χ1n) is 9.24. The molecule has 0 aromatic rings. The van der Waals surface area contributed by atoms with Crippen molar-refractivity contribution in [2.75, 3.05) is 13.2 Å². The smallest absolute Gasteiger partial charge is 0.0644 e. The number of aliphatic hydroxyl groups excluding tert-OH is 3. The van der Waals surface area contributed by atoms with E-state index in [4.69, 9.17) is 0 Å². The van der Waals surface area contributed by atoms with Crippen molar-refractivity contribution in [3.8, 4) is 0 Å². The van der Waals surface area contributed by atoms with Crippen molar-refractivity contribution in [1.29, 1.82) is 0 Å². The van der Waals surface area contributed by atoms with Crippen LogP contribution in [0.4, 0.5) is 0 Å². The minimum Gasteiger partial charge on any atom is -0.396 e. The van der Waals surface area contributed by atoms with Crippen LogP contribution < -0.4 is 0 Å². The lowest BCUT2D eigenvalue weighted by atomic mass is 9.67. The van der Waals surface area contributed by atoms with Gasteiger partial charge in [-0.3, -0.25) is 0 Å². The Kier molecular flexibility index (Phi) is 4.74. The molecule has 0 radical (unpaired) electrons. The van der Waals surface area contributed by atoms with Crippen LogP contribution in [-0.2, 0) is 0 Å². The highest BCUT2D eigenvalue weighted by Gasteiger charge is 2.45. The molecule has 3 rings (SSSR count). The van der Waals surface area contributed by atoms with Crippen LogP contribution in [0.3, 0.4) is 0 Å². The van der Waals surface area contributed by atoms with Gasteiger partial charge in [-0.25, -0.2) is 0 Å². The molecular weight excluding hydrogens is 288 g/mol. The van der Waals surface area contributed by atoms with Crippen LogP contribution in [-0.4, -0.2) is 34.6 Å². The standard InChI is InChI=1S/C20H32O3/c1-12(10-21)15-6-7-20(3)9-17-14(11-22)4-5-16(17)13(2)19(23)8-18(15)20/h12-13,16,19,21-23H,4-11H2,1-3H3/t12-,13-,16+,19+,20-/m1/s1. The predicted octanol–water partition coefficient (Wildman–Crippen LogP) is 3.20. The minimum absolute atomic E-state index is 0.0955. The molecule has 0 spiro atoms. The first-order valence-corrected chi connectivity index (χ1v) is 9.24. The average molecular weight is 320 g/mol. The molecule has 0 aromatic carbocycles. The van der Waals surface area contributed by atoms with E-state index < -0.39 is 0 Å². The van der Waals surface area contributed by atoms with E-state index in [1.54, 1.807) is 0 Å². The lowest BCUT2D eigenvalue weighted by Crippen LogP contribution is -2.33. The molecule has 3 heteroatoms. The van der Waals surface area contributed by atoms with Crippen LogP contribution in [0.5, 0.6) is 0 Å². The summed E-state index contributed by atoms with van der Waals surface area (Å²) in [7, 11) is 0. The van der Waals surface area contributed by atoms with E-state index >= 15 is 0 Å². The van der Waals surface area contributed by atoms with Gasteiger partial charge in [-0.1, -0.05) is 37.5 Å². The fourth-order valence-electron chi connectivity index (χ4n) is 5.35. The third-order valence-electron chi connectivity index (χ3n) is 7.02. The fourth-order valence-corrected chi connectivity index (χ4v) is 5.35. The van der Waals surface area contributed by atoms with Crippen molar-refractivity contribution < 1.29 is 15.3 Å². The lowest BCUT2D eigenvalue weighted by Gasteiger charge is -2.39. The van der Waals surface area contributed by atoms with E-state index in [1.807, 2.05) is 0 Å². The molecule has 0 amide bonds. The highest BCUT2D eigenvalue weighted by atomic mass is 16.3. The summed E-state index contributed by atoms with van der Waals surface area (Å²) in [5, 5.41) is 30.2. The average Bonchev–Trinajstić information content (AvgIpc) is 3.07. The summed E-state index contributed by atoms with van der Waals surface area (Å²) in [6.45, 7) is 6.96. The zero-order valence-corrected chi connectivity index (χ0v) is 14.8. The van der Waals surface area contributed by atoms with Gasteiger partial charge in [0.05, 0.1) is 12.7 Å². The molecule has 3 nitrogen and oxygen atoms in total. The quantitative estimate of drug-likeness (QED) is 0.700. The van der Waals surface area contributed by atoms with Gasteiger partial charge in [0.2, 0.25) is 0 Å². The van der Waals surface area contributed by atoms with E-state index in [2.05, 4.69) is 20.8 Å². The Hall–Kier alpha value is -0.640. The Morgan fingerprint density at radius 2 is 2.00 bits per heavy atom. The summed E-state index contributed by atoms with van der Waals surface area (Å²) in [6.07, 6.45) is 5.69. The monoisotopic (exact) mass is 320 g/mol. The Labute approximate surface area is 140 Å². The molecule has 130 valence electrons. The van der Waals surface area contributed by atoms with Crippen LogP contribution in [0.2, 0.25) is 0 Å². The summed E-state index contributed by atoms with van der Waals surface area (Å²) in [4.78, 5) is 0. The highest BCUT2D eigenvalue weighted by molar-refractivity contribution is 5.36. The van der Waals surface area contributed by atoms with Gasteiger partial charge in [-0.15, -0.1) is 0 Å². The maximum absolute atomic E-state index is 10.8. The zero-order valence-electron chi connectivity index (χ0n) is 14.8. The topological polar surface area (TPSA) is 60.7 Å². The number of fused-ring (bicyclic) bond motifs is 2. The van der Waals surface area contributed by atoms with Crippen molar-refractivity contribution in [3.63, 3.8) is 0 Å². The van der Waals surface area contributed by atoms with E-state index in [0.717, 1.165) is 38.5 Å². The van der Waals surface area contributed by atoms with Crippen LogP contribution in [0.25, 0.3) is 0 Å². The molecule has 1 fully saturated rings. The van der Waals surface area contributed by atoms with Gasteiger partial charge in [-0.2, -0.15) is 0 Å². The van der Waals surface area contributed by atoms with Crippen molar-refractivity contribution >= 4 is 0 Å². The maximum atomic E-state index is 10.8. The molecule has 3 aliphatic carbocycles. The maximum Gasteiger partial charge on any atom is 0.0644 e. The summed E-state index contributed by atoms with van der Waals surface area (Å²) < 4.78 is 0. The van der Waals surface area contributed by atoms with Gasteiger partial charge in [0.1, 0.15) is 0 Å². The molecular formula is C20H32O3. The largest absolute Gasteiger partial charge is 0.396 e. The van der Waals surface area contributed by atoms with Gasteiger partial charge in [-0.05, 0) is 61.3 Å². The van der Waals surface area contributed by atoms with Crippen LogP contribution in [0, 0.1) is 23.2 Å². The van der Waals surface area contributed by atoms with E-state index in [-0.39, 0.29) is 36.6 Å². The zero-order chi connectivity index (χ0) is 16.8. The molecule has 0 heterocycles. The normalized spacial score (nSPS) is 39.1. The summed E-state index contributed by atoms with van der Waals surface area (Å²) in [5.41, 5.74) is 5.52. The SMILES string of the molecule is C[C@@H]1[C@@H]2CCC(CO)=C2C[C@@]2(C)CCC([C@H](C)CO)=C2C[C@@H]1O. The fraction of sp³-hybridized carbons (Fsp3) is 0.800. The first kappa shape index (κ1) is 17.2.